The third kappa shape index (κ3) is 1.59. The highest BCUT2D eigenvalue weighted by Gasteiger charge is 2.01. The molecule has 0 bridgehead atoms. The lowest BCUT2D eigenvalue weighted by atomic mass is 10.5. The highest BCUT2D eigenvalue weighted by atomic mass is 79.9. The van der Waals surface area contributed by atoms with Gasteiger partial charge in [0.25, 0.3) is 0 Å². The van der Waals surface area contributed by atoms with Gasteiger partial charge in [-0.05, 0) is 22.9 Å². The Balaban J connectivity index is 3.10. The van der Waals surface area contributed by atoms with Gasteiger partial charge in [-0.25, -0.2) is 4.68 Å². The van der Waals surface area contributed by atoms with E-state index in [1.807, 2.05) is 6.92 Å². The number of hydrogen-bond donors (Lipinski definition) is 1. The summed E-state index contributed by atoms with van der Waals surface area (Å²) >= 11 is 12.0. The lowest BCUT2D eigenvalue weighted by Gasteiger charge is -1.90. The van der Waals surface area contributed by atoms with Crippen LogP contribution in [-0.4, -0.2) is 14.1 Å². The molecule has 54 valence electrons. The Morgan fingerprint density at radius 2 is 2.50 bits per heavy atom. The van der Waals surface area contributed by atoms with Crippen LogP contribution in [0.25, 0.3) is 0 Å². The van der Waals surface area contributed by atoms with Crippen LogP contribution in [0.3, 0.4) is 0 Å². The first-order chi connectivity index (χ1) is 4.61. The van der Waals surface area contributed by atoms with E-state index >= 15 is 0 Å². The summed E-state index contributed by atoms with van der Waals surface area (Å²) in [7, 11) is 0. The molecule has 0 amide bonds. The summed E-state index contributed by atoms with van der Waals surface area (Å²) in [6, 6.07) is 0. The fraction of sp³-hybridized carbons (Fsp3) is 0.200. The summed E-state index contributed by atoms with van der Waals surface area (Å²) < 4.78 is 2.94. The molecule has 0 atom stereocenters. The fourth-order valence-corrected chi connectivity index (χ4v) is 1.01. The molecular weight excluding hydrogens is 232 g/mol. The van der Waals surface area contributed by atoms with E-state index in [1.54, 1.807) is 6.20 Å². The summed E-state index contributed by atoms with van der Waals surface area (Å²) in [6.45, 7) is 1.90. The van der Waals surface area contributed by atoms with E-state index in [0.717, 1.165) is 10.2 Å². The van der Waals surface area contributed by atoms with Crippen LogP contribution in [0.4, 0.5) is 0 Å². The molecule has 0 aromatic carbocycles. The van der Waals surface area contributed by atoms with E-state index in [-0.39, 0.29) is 0 Å². The second-order valence-electron chi connectivity index (χ2n) is 1.79. The van der Waals surface area contributed by atoms with Crippen LogP contribution >= 0.6 is 40.8 Å². The molecule has 0 saturated heterocycles. The summed E-state index contributed by atoms with van der Waals surface area (Å²) in [5.74, 6) is 0. The number of nitrogens with zero attached hydrogens (tertiary/aromatic N) is 2. The molecule has 5 heteroatoms. The topological polar surface area (TPSA) is 17.8 Å². The Kier molecular flexibility index (Phi) is 2.49. The van der Waals surface area contributed by atoms with Gasteiger partial charge in [-0.1, -0.05) is 12.2 Å². The van der Waals surface area contributed by atoms with Crippen molar-refractivity contribution in [1.29, 1.82) is 0 Å². The number of halogens is 1. The van der Waals surface area contributed by atoms with Gasteiger partial charge in [0.15, 0.2) is 4.32 Å². The van der Waals surface area contributed by atoms with E-state index < -0.39 is 0 Å². The van der Waals surface area contributed by atoms with Crippen LogP contribution in [0.5, 0.6) is 0 Å². The largest absolute Gasteiger partial charge is 0.222 e. The van der Waals surface area contributed by atoms with Crippen LogP contribution in [0.1, 0.15) is 5.69 Å². The molecule has 10 heavy (non-hydrogen) atoms. The van der Waals surface area contributed by atoms with Crippen LogP contribution in [0, 0.1) is 6.92 Å². The summed E-state index contributed by atoms with van der Waals surface area (Å²) in [6.07, 6.45) is 1.78. The van der Waals surface area contributed by atoms with Crippen molar-refractivity contribution in [2.75, 3.05) is 0 Å². The van der Waals surface area contributed by atoms with E-state index in [9.17, 15) is 0 Å². The van der Waals surface area contributed by atoms with E-state index in [1.165, 1.54) is 4.68 Å². The van der Waals surface area contributed by atoms with Crippen molar-refractivity contribution in [3.63, 3.8) is 0 Å². The zero-order valence-electron chi connectivity index (χ0n) is 5.21. The van der Waals surface area contributed by atoms with Gasteiger partial charge in [0.1, 0.15) is 0 Å². The zero-order chi connectivity index (χ0) is 7.72. The van der Waals surface area contributed by atoms with Crippen molar-refractivity contribution in [3.8, 4) is 0 Å². The SMILES string of the molecule is Cc1nn(C(=S)S)cc1Br. The highest BCUT2D eigenvalue weighted by molar-refractivity contribution is 9.10. The molecule has 0 aliphatic carbocycles. The van der Waals surface area contributed by atoms with Crippen molar-refractivity contribution >= 4 is 45.1 Å². The first-order valence-corrected chi connectivity index (χ1v) is 4.21. The third-order valence-corrected chi connectivity index (χ3v) is 2.21. The minimum Gasteiger partial charge on any atom is -0.222 e. The molecule has 0 saturated carbocycles. The van der Waals surface area contributed by atoms with Crippen molar-refractivity contribution in [3.05, 3.63) is 16.4 Å². The fourth-order valence-electron chi connectivity index (χ4n) is 0.537. The maximum absolute atomic E-state index is 4.78. The normalized spacial score (nSPS) is 9.90. The predicted molar refractivity (Wildman–Crippen MR) is 51.6 cm³/mol. The van der Waals surface area contributed by atoms with Crippen LogP contribution in [0.2, 0.25) is 0 Å². The van der Waals surface area contributed by atoms with Gasteiger partial charge in [0.05, 0.1) is 10.2 Å². The molecule has 0 spiro atoms. The molecule has 0 radical (unpaired) electrons. The molecule has 0 unspecified atom stereocenters. The van der Waals surface area contributed by atoms with Crippen molar-refractivity contribution in [2.24, 2.45) is 0 Å². The minimum absolute atomic E-state index is 0.453. The number of thiocarbonyl (C=S) groups is 1. The molecule has 0 aliphatic heterocycles. The standard InChI is InChI=1S/C5H5BrN2S2/c1-3-4(6)2-8(7-3)5(9)10/h2H,1H3,(H,9,10). The van der Waals surface area contributed by atoms with Crippen molar-refractivity contribution in [1.82, 2.24) is 9.78 Å². The number of hydrogen-bond acceptors (Lipinski definition) is 2. The maximum atomic E-state index is 4.78. The van der Waals surface area contributed by atoms with Crippen LogP contribution in [-0.2, 0) is 0 Å². The molecule has 0 fully saturated rings. The number of aryl methyl sites for hydroxylation is 1. The summed E-state index contributed by atoms with van der Waals surface area (Å²) in [5.41, 5.74) is 0.913. The van der Waals surface area contributed by atoms with Gasteiger partial charge in [0, 0.05) is 6.20 Å². The maximum Gasteiger partial charge on any atom is 0.158 e. The molecule has 1 heterocycles. The first-order valence-electron chi connectivity index (χ1n) is 2.56. The Morgan fingerprint density at radius 3 is 2.70 bits per heavy atom. The number of thiol groups is 1. The molecule has 1 aromatic rings. The summed E-state index contributed by atoms with van der Waals surface area (Å²) in [4.78, 5) is 0. The lowest BCUT2D eigenvalue weighted by molar-refractivity contribution is 0.938. The first kappa shape index (κ1) is 8.23. The van der Waals surface area contributed by atoms with Gasteiger partial charge in [-0.3, -0.25) is 0 Å². The second kappa shape index (κ2) is 3.02. The zero-order valence-corrected chi connectivity index (χ0v) is 8.50. The highest BCUT2D eigenvalue weighted by Crippen LogP contribution is 2.13. The third-order valence-electron chi connectivity index (χ3n) is 1.03. The Hall–Kier alpha value is 0.130. The van der Waals surface area contributed by atoms with Gasteiger partial charge in [-0.15, -0.1) is 12.6 Å². The quantitative estimate of drug-likeness (QED) is 0.549. The Bertz CT molecular complexity index is 249. The lowest BCUT2D eigenvalue weighted by Crippen LogP contribution is -2.01. The van der Waals surface area contributed by atoms with Crippen molar-refractivity contribution < 1.29 is 0 Å². The average Bonchev–Trinajstić information content (AvgIpc) is 2.13. The van der Waals surface area contributed by atoms with Gasteiger partial charge >= 0.3 is 0 Å². The predicted octanol–water partition coefficient (Wildman–Crippen LogP) is 2.02. The average molecular weight is 237 g/mol. The van der Waals surface area contributed by atoms with Gasteiger partial charge in [0.2, 0.25) is 0 Å². The van der Waals surface area contributed by atoms with Crippen molar-refractivity contribution in [2.45, 2.75) is 6.92 Å². The molecule has 1 rings (SSSR count). The number of aromatic nitrogens is 2. The van der Waals surface area contributed by atoms with Crippen LogP contribution < -0.4 is 0 Å². The molecule has 1 aromatic heterocycles. The van der Waals surface area contributed by atoms with E-state index in [0.29, 0.717) is 4.32 Å². The monoisotopic (exact) mass is 236 g/mol. The van der Waals surface area contributed by atoms with Crippen LogP contribution in [0.15, 0.2) is 10.7 Å². The molecule has 0 N–H and O–H groups in total. The van der Waals surface area contributed by atoms with E-state index in [4.69, 9.17) is 12.2 Å². The smallest absolute Gasteiger partial charge is 0.158 e. The molecule has 0 aliphatic rings. The minimum atomic E-state index is 0.453. The Labute approximate surface area is 78.1 Å². The summed E-state index contributed by atoms with van der Waals surface area (Å²) in [5, 5.41) is 4.06. The van der Waals surface area contributed by atoms with Gasteiger partial charge < -0.3 is 0 Å². The Morgan fingerprint density at radius 1 is 1.90 bits per heavy atom. The van der Waals surface area contributed by atoms with Gasteiger partial charge in [-0.2, -0.15) is 5.10 Å². The molecular formula is C5H5BrN2S2. The second-order valence-corrected chi connectivity index (χ2v) is 3.76. The number of rotatable bonds is 0. The van der Waals surface area contributed by atoms with E-state index in [2.05, 4.69) is 33.7 Å². The molecule has 2 nitrogen and oxygen atoms in total.